The molecule has 0 aromatic heterocycles. The minimum Gasteiger partial charge on any atom is -0.396 e. The number of nitrogens with one attached hydrogen (secondary N) is 1. The van der Waals surface area contributed by atoms with Gasteiger partial charge in [-0.1, -0.05) is 6.92 Å². The Morgan fingerprint density at radius 1 is 1.29 bits per heavy atom. The predicted octanol–water partition coefficient (Wildman–Crippen LogP) is 1.42. The maximum Gasteiger partial charge on any atom is 0.235 e. The van der Waals surface area contributed by atoms with Crippen LogP contribution >= 0.6 is 0 Å². The smallest absolute Gasteiger partial charge is 0.235 e. The van der Waals surface area contributed by atoms with E-state index in [-0.39, 0.29) is 17.9 Å². The Labute approximate surface area is 127 Å². The third kappa shape index (κ3) is 3.75. The largest absolute Gasteiger partial charge is 0.396 e. The molecule has 0 aromatic carbocycles. The molecule has 5 heteroatoms. The zero-order valence-electron chi connectivity index (χ0n) is 13.0. The summed E-state index contributed by atoms with van der Waals surface area (Å²) in [6.07, 6.45) is 6.46. The Balaban J connectivity index is 1.81. The third-order valence-corrected chi connectivity index (χ3v) is 5.42. The van der Waals surface area contributed by atoms with Crippen molar-refractivity contribution in [1.82, 2.24) is 10.2 Å². The number of piperidine rings is 1. The molecular formula is C16H27N3O2. The highest BCUT2D eigenvalue weighted by molar-refractivity contribution is 5.79. The monoisotopic (exact) mass is 293 g/mol. The van der Waals surface area contributed by atoms with Crippen LogP contribution in [0.1, 0.15) is 51.9 Å². The van der Waals surface area contributed by atoms with Crippen molar-refractivity contribution in [3.63, 3.8) is 0 Å². The molecule has 2 aliphatic rings. The minimum atomic E-state index is -0.620. The molecule has 0 radical (unpaired) electrons. The number of hydrogen-bond acceptors (Lipinski definition) is 4. The Bertz CT molecular complexity index is 396. The van der Waals surface area contributed by atoms with Crippen LogP contribution in [0.3, 0.4) is 0 Å². The molecule has 0 unspecified atom stereocenters. The van der Waals surface area contributed by atoms with Crippen LogP contribution in [0.4, 0.5) is 0 Å². The van der Waals surface area contributed by atoms with E-state index in [0.717, 1.165) is 58.0 Å². The molecule has 0 aromatic rings. The van der Waals surface area contributed by atoms with Gasteiger partial charge in [0.1, 0.15) is 5.54 Å². The Kier molecular flexibility index (Phi) is 5.23. The number of carbonyl (C=O) groups excluding carboxylic acids is 1. The van der Waals surface area contributed by atoms with Crippen LogP contribution in [-0.4, -0.2) is 47.7 Å². The summed E-state index contributed by atoms with van der Waals surface area (Å²) in [4.78, 5) is 14.3. The molecule has 21 heavy (non-hydrogen) atoms. The van der Waals surface area contributed by atoms with Gasteiger partial charge in [-0.15, -0.1) is 0 Å². The highest BCUT2D eigenvalue weighted by Gasteiger charge is 2.37. The lowest BCUT2D eigenvalue weighted by Crippen LogP contribution is -2.51. The van der Waals surface area contributed by atoms with Crippen molar-refractivity contribution in [1.29, 1.82) is 5.26 Å². The molecule has 118 valence electrons. The zero-order chi connectivity index (χ0) is 15.3. The fourth-order valence-corrected chi connectivity index (χ4v) is 3.56. The first-order valence-electron chi connectivity index (χ1n) is 8.12. The molecule has 1 amide bonds. The predicted molar refractivity (Wildman–Crippen MR) is 80.4 cm³/mol. The van der Waals surface area contributed by atoms with Gasteiger partial charge in [-0.25, -0.2) is 0 Å². The summed E-state index contributed by atoms with van der Waals surface area (Å²) in [7, 11) is 0. The molecule has 0 atom stereocenters. The van der Waals surface area contributed by atoms with E-state index in [4.69, 9.17) is 0 Å². The van der Waals surface area contributed by atoms with Crippen LogP contribution in [0, 0.1) is 16.7 Å². The second-order valence-electron chi connectivity index (χ2n) is 6.74. The summed E-state index contributed by atoms with van der Waals surface area (Å²) >= 11 is 0. The van der Waals surface area contributed by atoms with Crippen LogP contribution in [0.25, 0.3) is 0 Å². The fourth-order valence-electron chi connectivity index (χ4n) is 3.56. The lowest BCUT2D eigenvalue weighted by atomic mass is 9.77. The van der Waals surface area contributed by atoms with Gasteiger partial charge in [-0.3, -0.25) is 9.69 Å². The fraction of sp³-hybridized carbons (Fsp3) is 0.875. The van der Waals surface area contributed by atoms with Crippen molar-refractivity contribution in [3.8, 4) is 6.07 Å². The second kappa shape index (κ2) is 6.76. The van der Waals surface area contributed by atoms with Gasteiger partial charge in [0.15, 0.2) is 0 Å². The topological polar surface area (TPSA) is 76.4 Å². The van der Waals surface area contributed by atoms with Crippen molar-refractivity contribution in [3.05, 3.63) is 0 Å². The lowest BCUT2D eigenvalue weighted by molar-refractivity contribution is -0.124. The van der Waals surface area contributed by atoms with E-state index in [1.165, 1.54) is 0 Å². The Morgan fingerprint density at radius 3 is 2.38 bits per heavy atom. The lowest BCUT2D eigenvalue weighted by Gasteiger charge is -2.40. The van der Waals surface area contributed by atoms with Gasteiger partial charge in [0.25, 0.3) is 0 Å². The van der Waals surface area contributed by atoms with Crippen LogP contribution in [0.15, 0.2) is 0 Å². The summed E-state index contributed by atoms with van der Waals surface area (Å²) in [6.45, 7) is 4.42. The molecule has 1 aliphatic heterocycles. The maximum atomic E-state index is 12.2. The van der Waals surface area contributed by atoms with Gasteiger partial charge in [-0.2, -0.15) is 5.26 Å². The molecule has 5 nitrogen and oxygen atoms in total. The van der Waals surface area contributed by atoms with Crippen LogP contribution < -0.4 is 5.32 Å². The highest BCUT2D eigenvalue weighted by atomic mass is 16.3. The molecule has 1 aliphatic carbocycles. The first-order chi connectivity index (χ1) is 10.1. The number of rotatable bonds is 5. The molecule has 1 heterocycles. The van der Waals surface area contributed by atoms with E-state index in [9.17, 15) is 15.2 Å². The standard InChI is InChI=1S/C16H27N3O2/c1-2-15(13-20)7-9-19(10-8-15)11-14(21)18-16(12-17)5-3-4-6-16/h20H,2-11,13H2,1H3,(H,18,21). The number of aliphatic hydroxyl groups is 1. The summed E-state index contributed by atoms with van der Waals surface area (Å²) in [5, 5.41) is 21.8. The van der Waals surface area contributed by atoms with E-state index in [1.807, 2.05) is 0 Å². The normalized spacial score (nSPS) is 24.4. The highest BCUT2D eigenvalue weighted by Crippen LogP contribution is 2.34. The van der Waals surface area contributed by atoms with Gasteiger partial charge in [0, 0.05) is 6.61 Å². The number of hydrogen-bond donors (Lipinski definition) is 2. The molecule has 2 rings (SSSR count). The number of nitrogens with zero attached hydrogens (tertiary/aromatic N) is 2. The van der Waals surface area contributed by atoms with E-state index in [1.54, 1.807) is 0 Å². The van der Waals surface area contributed by atoms with E-state index in [2.05, 4.69) is 23.2 Å². The first-order valence-corrected chi connectivity index (χ1v) is 8.12. The summed E-state index contributed by atoms with van der Waals surface area (Å²) in [5.41, 5.74) is -0.572. The van der Waals surface area contributed by atoms with Gasteiger partial charge in [0.05, 0.1) is 12.6 Å². The quantitative estimate of drug-likeness (QED) is 0.804. The van der Waals surface area contributed by atoms with Crippen molar-refractivity contribution in [2.24, 2.45) is 5.41 Å². The van der Waals surface area contributed by atoms with E-state index < -0.39 is 5.54 Å². The Morgan fingerprint density at radius 2 is 1.90 bits per heavy atom. The van der Waals surface area contributed by atoms with Crippen LogP contribution in [0.5, 0.6) is 0 Å². The summed E-state index contributed by atoms with van der Waals surface area (Å²) in [5.74, 6) is -0.0357. The summed E-state index contributed by atoms with van der Waals surface area (Å²) < 4.78 is 0. The van der Waals surface area contributed by atoms with Gasteiger partial charge in [0.2, 0.25) is 5.91 Å². The van der Waals surface area contributed by atoms with Crippen LogP contribution in [-0.2, 0) is 4.79 Å². The molecule has 0 bridgehead atoms. The molecule has 2 fully saturated rings. The van der Waals surface area contributed by atoms with Gasteiger partial charge < -0.3 is 10.4 Å². The first kappa shape index (κ1) is 16.3. The maximum absolute atomic E-state index is 12.2. The number of likely N-dealkylation sites (tertiary alicyclic amines) is 1. The van der Waals surface area contributed by atoms with Crippen molar-refractivity contribution < 1.29 is 9.90 Å². The molecule has 0 spiro atoms. The molecule has 1 saturated heterocycles. The van der Waals surface area contributed by atoms with Crippen LogP contribution in [0.2, 0.25) is 0 Å². The number of nitriles is 1. The van der Waals surface area contributed by atoms with Crippen molar-refractivity contribution >= 4 is 5.91 Å². The van der Waals surface area contributed by atoms with Crippen molar-refractivity contribution in [2.45, 2.75) is 57.4 Å². The number of amides is 1. The van der Waals surface area contributed by atoms with Gasteiger partial charge in [-0.05, 0) is 63.5 Å². The molecular weight excluding hydrogens is 266 g/mol. The molecule has 1 saturated carbocycles. The average molecular weight is 293 g/mol. The minimum absolute atomic E-state index is 0.0357. The number of aliphatic hydroxyl groups excluding tert-OH is 1. The summed E-state index contributed by atoms with van der Waals surface area (Å²) in [6, 6.07) is 2.29. The molecule has 2 N–H and O–H groups in total. The zero-order valence-corrected chi connectivity index (χ0v) is 13.0. The van der Waals surface area contributed by atoms with Crippen molar-refractivity contribution in [2.75, 3.05) is 26.2 Å². The number of carbonyl (C=O) groups is 1. The third-order valence-electron chi connectivity index (χ3n) is 5.42. The average Bonchev–Trinajstić information content (AvgIpc) is 2.97. The Hall–Kier alpha value is -1.12. The second-order valence-corrected chi connectivity index (χ2v) is 6.74. The van der Waals surface area contributed by atoms with Gasteiger partial charge >= 0.3 is 0 Å². The van der Waals surface area contributed by atoms with E-state index >= 15 is 0 Å². The SMILES string of the molecule is CCC1(CO)CCN(CC(=O)NC2(C#N)CCCC2)CC1. The van der Waals surface area contributed by atoms with E-state index in [0.29, 0.717) is 6.54 Å².